The summed E-state index contributed by atoms with van der Waals surface area (Å²) in [5, 5.41) is 2.65. The summed E-state index contributed by atoms with van der Waals surface area (Å²) < 4.78 is 0.958. The van der Waals surface area contributed by atoms with Crippen molar-refractivity contribution in [2.24, 2.45) is 0 Å². The number of hydrogen-bond acceptors (Lipinski definition) is 2. The van der Waals surface area contributed by atoms with E-state index in [1.807, 2.05) is 48.5 Å². The Morgan fingerprint density at radius 3 is 2.25 bits per heavy atom. The van der Waals surface area contributed by atoms with Crippen LogP contribution in [0.3, 0.4) is 0 Å². The summed E-state index contributed by atoms with van der Waals surface area (Å²) in [7, 11) is 0. The molecule has 1 N–H and O–H groups in total. The van der Waals surface area contributed by atoms with Gasteiger partial charge in [-0.3, -0.25) is 9.69 Å². The van der Waals surface area contributed by atoms with Gasteiger partial charge in [-0.05, 0) is 41.3 Å². The van der Waals surface area contributed by atoms with Crippen LogP contribution in [0.2, 0.25) is 0 Å². The van der Waals surface area contributed by atoms with Gasteiger partial charge >= 0.3 is 6.03 Å². The quantitative estimate of drug-likeness (QED) is 0.636. The average Bonchev–Trinajstić information content (AvgIpc) is 2.85. The van der Waals surface area contributed by atoms with Crippen LogP contribution in [0.25, 0.3) is 6.08 Å². The molecule has 0 unspecified atom stereocenters. The van der Waals surface area contributed by atoms with E-state index in [0.717, 1.165) is 22.0 Å². The number of amides is 3. The molecular formula is C19H17BrN2O2. The Balaban J connectivity index is 1.77. The van der Waals surface area contributed by atoms with E-state index in [-0.39, 0.29) is 18.5 Å². The highest BCUT2D eigenvalue weighted by Gasteiger charge is 2.33. The van der Waals surface area contributed by atoms with Crippen molar-refractivity contribution in [2.75, 3.05) is 0 Å². The monoisotopic (exact) mass is 384 g/mol. The van der Waals surface area contributed by atoms with Crippen LogP contribution in [-0.4, -0.2) is 16.8 Å². The van der Waals surface area contributed by atoms with E-state index in [2.05, 4.69) is 28.2 Å². The van der Waals surface area contributed by atoms with Crippen molar-refractivity contribution in [1.29, 1.82) is 0 Å². The van der Waals surface area contributed by atoms with E-state index in [9.17, 15) is 9.59 Å². The van der Waals surface area contributed by atoms with E-state index < -0.39 is 0 Å². The zero-order chi connectivity index (χ0) is 17.1. The second kappa shape index (κ2) is 7.01. The summed E-state index contributed by atoms with van der Waals surface area (Å²) in [4.78, 5) is 25.8. The summed E-state index contributed by atoms with van der Waals surface area (Å²) in [5.74, 6) is -0.303. The Bertz CT molecular complexity index is 795. The van der Waals surface area contributed by atoms with Crippen molar-refractivity contribution in [1.82, 2.24) is 10.2 Å². The maximum absolute atomic E-state index is 12.5. The van der Waals surface area contributed by atoms with Crippen LogP contribution in [0, 0.1) is 0 Å². The van der Waals surface area contributed by atoms with Crippen molar-refractivity contribution >= 4 is 33.9 Å². The highest BCUT2D eigenvalue weighted by Crippen LogP contribution is 2.18. The number of rotatable bonds is 4. The number of urea groups is 1. The minimum atomic E-state index is -0.389. The maximum Gasteiger partial charge on any atom is 0.329 e. The van der Waals surface area contributed by atoms with Gasteiger partial charge in [0.25, 0.3) is 5.91 Å². The van der Waals surface area contributed by atoms with Gasteiger partial charge in [0.05, 0.1) is 6.54 Å². The molecule has 5 heteroatoms. The molecule has 0 spiro atoms. The molecule has 1 heterocycles. The fourth-order valence-electron chi connectivity index (χ4n) is 2.50. The second-order valence-corrected chi connectivity index (χ2v) is 6.52. The number of nitrogens with zero attached hydrogens (tertiary/aromatic N) is 1. The molecule has 3 rings (SSSR count). The first-order valence-corrected chi connectivity index (χ1v) is 8.54. The fraction of sp³-hybridized carbons (Fsp3) is 0.158. The Labute approximate surface area is 149 Å². The molecule has 1 aliphatic heterocycles. The molecule has 1 aliphatic rings. The van der Waals surface area contributed by atoms with Crippen LogP contribution in [0.15, 0.2) is 58.7 Å². The topological polar surface area (TPSA) is 49.4 Å². The van der Waals surface area contributed by atoms with Gasteiger partial charge in [0, 0.05) is 4.47 Å². The highest BCUT2D eigenvalue weighted by molar-refractivity contribution is 9.10. The molecule has 1 fully saturated rings. The summed E-state index contributed by atoms with van der Waals surface area (Å²) in [6.07, 6.45) is 2.68. The zero-order valence-corrected chi connectivity index (χ0v) is 14.8. The number of aryl methyl sites for hydroxylation is 1. The predicted octanol–water partition coefficient (Wildman–Crippen LogP) is 4.10. The molecule has 0 saturated carbocycles. The number of hydrogen-bond donors (Lipinski definition) is 1. The lowest BCUT2D eigenvalue weighted by Gasteiger charge is -2.11. The van der Waals surface area contributed by atoms with Crippen molar-refractivity contribution in [3.63, 3.8) is 0 Å². The van der Waals surface area contributed by atoms with Crippen molar-refractivity contribution in [3.8, 4) is 0 Å². The minimum Gasteiger partial charge on any atom is -0.303 e. The molecule has 122 valence electrons. The first-order valence-electron chi connectivity index (χ1n) is 7.74. The van der Waals surface area contributed by atoms with Crippen molar-refractivity contribution < 1.29 is 9.59 Å². The largest absolute Gasteiger partial charge is 0.329 e. The molecule has 0 aromatic heterocycles. The second-order valence-electron chi connectivity index (χ2n) is 5.60. The first kappa shape index (κ1) is 16.5. The molecule has 4 nitrogen and oxygen atoms in total. The maximum atomic E-state index is 12.5. The van der Waals surface area contributed by atoms with Gasteiger partial charge in [0.2, 0.25) is 0 Å². The smallest absolute Gasteiger partial charge is 0.303 e. The molecule has 3 amide bonds. The van der Waals surface area contributed by atoms with Gasteiger partial charge in [-0.1, -0.05) is 59.3 Å². The Morgan fingerprint density at radius 1 is 1.00 bits per heavy atom. The average molecular weight is 385 g/mol. The SMILES string of the molecule is CCc1ccc(/C=C2/NC(=O)N(Cc3ccc(Br)cc3)C2=O)cc1. The lowest BCUT2D eigenvalue weighted by atomic mass is 10.1. The van der Waals surface area contributed by atoms with Crippen molar-refractivity contribution in [2.45, 2.75) is 19.9 Å². The number of carbonyl (C=O) groups is 2. The van der Waals surface area contributed by atoms with E-state index in [4.69, 9.17) is 0 Å². The van der Waals surface area contributed by atoms with Gasteiger partial charge in [0.15, 0.2) is 0 Å². The van der Waals surface area contributed by atoms with Gasteiger partial charge < -0.3 is 5.32 Å². The fourth-order valence-corrected chi connectivity index (χ4v) is 2.77. The Hall–Kier alpha value is -2.40. The van der Waals surface area contributed by atoms with Gasteiger partial charge in [0.1, 0.15) is 5.70 Å². The van der Waals surface area contributed by atoms with Crippen LogP contribution < -0.4 is 5.32 Å². The Morgan fingerprint density at radius 2 is 1.62 bits per heavy atom. The van der Waals surface area contributed by atoms with Gasteiger partial charge in [-0.15, -0.1) is 0 Å². The van der Waals surface area contributed by atoms with E-state index in [1.165, 1.54) is 10.5 Å². The summed E-state index contributed by atoms with van der Waals surface area (Å²) in [6, 6.07) is 15.1. The standard InChI is InChI=1S/C19H17BrN2O2/c1-2-13-3-5-14(6-4-13)11-17-18(23)22(19(24)21-17)12-15-7-9-16(20)10-8-15/h3-11H,2,12H2,1H3,(H,21,24)/b17-11+. The van der Waals surface area contributed by atoms with Gasteiger partial charge in [-0.2, -0.15) is 0 Å². The van der Waals surface area contributed by atoms with Crippen LogP contribution in [0.4, 0.5) is 4.79 Å². The van der Waals surface area contributed by atoms with Gasteiger partial charge in [-0.25, -0.2) is 4.79 Å². The third-order valence-electron chi connectivity index (χ3n) is 3.92. The Kier molecular flexibility index (Phi) is 4.81. The predicted molar refractivity (Wildman–Crippen MR) is 97.0 cm³/mol. The van der Waals surface area contributed by atoms with Crippen LogP contribution >= 0.6 is 15.9 Å². The molecule has 24 heavy (non-hydrogen) atoms. The number of benzene rings is 2. The third-order valence-corrected chi connectivity index (χ3v) is 4.44. The van der Waals surface area contributed by atoms with E-state index in [1.54, 1.807) is 6.08 Å². The molecular weight excluding hydrogens is 368 g/mol. The molecule has 2 aromatic rings. The van der Waals surface area contributed by atoms with Crippen LogP contribution in [0.5, 0.6) is 0 Å². The van der Waals surface area contributed by atoms with Crippen LogP contribution in [0.1, 0.15) is 23.6 Å². The normalized spacial score (nSPS) is 15.9. The molecule has 1 saturated heterocycles. The first-order chi connectivity index (χ1) is 11.6. The minimum absolute atomic E-state index is 0.254. The molecule has 0 bridgehead atoms. The van der Waals surface area contributed by atoms with Crippen molar-refractivity contribution in [3.05, 3.63) is 75.4 Å². The number of halogens is 1. The van der Waals surface area contributed by atoms with E-state index in [0.29, 0.717) is 5.70 Å². The summed E-state index contributed by atoms with van der Waals surface area (Å²) in [6.45, 7) is 2.35. The number of nitrogens with one attached hydrogen (secondary N) is 1. The number of carbonyl (C=O) groups excluding carboxylic acids is 2. The highest BCUT2D eigenvalue weighted by atomic mass is 79.9. The zero-order valence-electron chi connectivity index (χ0n) is 13.3. The third kappa shape index (κ3) is 3.57. The molecule has 0 radical (unpaired) electrons. The lowest BCUT2D eigenvalue weighted by Crippen LogP contribution is -2.30. The summed E-state index contributed by atoms with van der Waals surface area (Å²) in [5.41, 5.74) is 3.33. The summed E-state index contributed by atoms with van der Waals surface area (Å²) >= 11 is 3.37. The molecule has 2 aromatic carbocycles. The molecule has 0 aliphatic carbocycles. The van der Waals surface area contributed by atoms with Crippen LogP contribution in [-0.2, 0) is 17.8 Å². The lowest BCUT2D eigenvalue weighted by molar-refractivity contribution is -0.123. The van der Waals surface area contributed by atoms with E-state index >= 15 is 0 Å². The number of imide groups is 1. The molecule has 0 atom stereocenters.